The van der Waals surface area contributed by atoms with Crippen LogP contribution in [-0.4, -0.2) is 4.98 Å². The first-order chi connectivity index (χ1) is 30.3. The average molecular weight is 795 g/mol. The van der Waals surface area contributed by atoms with Crippen molar-refractivity contribution in [1.82, 2.24) is 4.98 Å². The minimum atomic E-state index is -0.115. The first-order valence-electron chi connectivity index (χ1n) is 21.8. The Morgan fingerprint density at radius 1 is 0.339 bits per heavy atom. The van der Waals surface area contributed by atoms with E-state index in [0.717, 1.165) is 28.3 Å². The lowest BCUT2D eigenvalue weighted by molar-refractivity contribution is 0.660. The fourth-order valence-electron chi connectivity index (χ4n) is 10.9. The van der Waals surface area contributed by atoms with E-state index in [1.165, 1.54) is 88.5 Å². The zero-order chi connectivity index (χ0) is 41.7. The Bertz CT molecular complexity index is 3280. The summed E-state index contributed by atoms with van der Waals surface area (Å²) >= 11 is 0. The van der Waals surface area contributed by atoms with Crippen LogP contribution in [0, 0.1) is 0 Å². The molecule has 0 fully saturated rings. The molecule has 0 saturated heterocycles. The van der Waals surface area contributed by atoms with Crippen LogP contribution in [0.2, 0.25) is 0 Å². The van der Waals surface area contributed by atoms with E-state index in [1.807, 2.05) is 0 Å². The van der Waals surface area contributed by atoms with Gasteiger partial charge >= 0.3 is 0 Å². The monoisotopic (exact) mass is 794 g/mol. The minimum Gasteiger partial charge on any atom is -0.353 e. The Morgan fingerprint density at radius 2 is 0.806 bits per heavy atom. The molecule has 0 amide bonds. The van der Waals surface area contributed by atoms with E-state index in [1.54, 1.807) is 0 Å². The summed E-state index contributed by atoms with van der Waals surface area (Å²) < 4.78 is 0. The highest BCUT2D eigenvalue weighted by atomic mass is 15.1. The Hall–Kier alpha value is -7.42. The van der Waals surface area contributed by atoms with Gasteiger partial charge in [0.2, 0.25) is 0 Å². The van der Waals surface area contributed by atoms with Crippen LogP contribution in [-0.2, 0) is 10.8 Å². The molecule has 1 aromatic heterocycles. The van der Waals surface area contributed by atoms with Gasteiger partial charge in [0.1, 0.15) is 0 Å². The molecule has 0 unspecified atom stereocenters. The van der Waals surface area contributed by atoms with E-state index >= 15 is 0 Å². The highest BCUT2D eigenvalue weighted by Gasteiger charge is 2.37. The standard InChI is InChI=1S/C60H46N2/c1-59(2)52-25-15-13-22-45(52)47-33-31-42(35-54(47)59)62(43-32-34-48-46-23-14-16-26-53(46)60(3,4)55(48)36-43)41-29-27-38(28-30-41)50-37-51-56(39-17-7-5-8-18-39)57(40-19-9-6-10-20-40)61-58(51)49-24-12-11-21-44(49)50/h5-37,61H,1-4H3. The molecule has 2 aliphatic rings. The van der Waals surface area contributed by atoms with Crippen LogP contribution in [0.1, 0.15) is 49.9 Å². The fourth-order valence-corrected chi connectivity index (χ4v) is 10.9. The second kappa shape index (κ2) is 13.5. The van der Waals surface area contributed by atoms with Gasteiger partial charge in [0.25, 0.3) is 0 Å². The normalized spacial score (nSPS) is 14.1. The molecular weight excluding hydrogens is 749 g/mol. The molecule has 296 valence electrons. The largest absolute Gasteiger partial charge is 0.353 e. The first kappa shape index (κ1) is 36.4. The summed E-state index contributed by atoms with van der Waals surface area (Å²) in [5, 5.41) is 3.66. The maximum absolute atomic E-state index is 3.91. The van der Waals surface area contributed by atoms with Crippen molar-refractivity contribution in [2.24, 2.45) is 0 Å². The van der Waals surface area contributed by atoms with Gasteiger partial charge in [0.15, 0.2) is 0 Å². The lowest BCUT2D eigenvalue weighted by atomic mass is 9.82. The lowest BCUT2D eigenvalue weighted by Gasteiger charge is -2.30. The Kier molecular flexibility index (Phi) is 7.96. The smallest absolute Gasteiger partial charge is 0.0545 e. The van der Waals surface area contributed by atoms with Gasteiger partial charge in [-0.15, -0.1) is 0 Å². The van der Waals surface area contributed by atoms with E-state index in [0.29, 0.717) is 0 Å². The predicted octanol–water partition coefficient (Wildman–Crippen LogP) is 16.4. The molecule has 2 heteroatoms. The Labute approximate surface area is 363 Å². The summed E-state index contributed by atoms with van der Waals surface area (Å²) in [6.07, 6.45) is 0. The van der Waals surface area contributed by atoms with Crippen molar-refractivity contribution in [3.8, 4) is 55.8 Å². The van der Waals surface area contributed by atoms with Gasteiger partial charge in [-0.1, -0.05) is 185 Å². The molecule has 0 aliphatic heterocycles. The quantitative estimate of drug-likeness (QED) is 0.178. The molecule has 9 aromatic carbocycles. The second-order valence-electron chi connectivity index (χ2n) is 18.2. The second-order valence-corrected chi connectivity index (χ2v) is 18.2. The third-order valence-electron chi connectivity index (χ3n) is 14.0. The maximum Gasteiger partial charge on any atom is 0.0545 e. The van der Waals surface area contributed by atoms with Crippen LogP contribution >= 0.6 is 0 Å². The first-order valence-corrected chi connectivity index (χ1v) is 21.8. The van der Waals surface area contributed by atoms with Crippen molar-refractivity contribution >= 4 is 38.7 Å². The van der Waals surface area contributed by atoms with Crippen molar-refractivity contribution in [3.05, 3.63) is 222 Å². The fraction of sp³-hybridized carbons (Fsp3) is 0.100. The molecule has 0 radical (unpaired) electrons. The summed E-state index contributed by atoms with van der Waals surface area (Å²) in [6, 6.07) is 74.1. The van der Waals surface area contributed by atoms with Crippen molar-refractivity contribution in [1.29, 1.82) is 0 Å². The number of benzene rings is 9. The Morgan fingerprint density at radius 3 is 1.39 bits per heavy atom. The van der Waals surface area contributed by atoms with Gasteiger partial charge in [-0.25, -0.2) is 0 Å². The highest BCUT2D eigenvalue weighted by molar-refractivity contribution is 6.18. The average Bonchev–Trinajstić information content (AvgIpc) is 3.90. The lowest BCUT2D eigenvalue weighted by Crippen LogP contribution is -2.18. The van der Waals surface area contributed by atoms with E-state index < -0.39 is 0 Å². The summed E-state index contributed by atoms with van der Waals surface area (Å²) in [5.41, 5.74) is 22.3. The molecule has 0 atom stereocenters. The molecule has 12 rings (SSSR count). The van der Waals surface area contributed by atoms with Gasteiger partial charge in [0, 0.05) is 44.2 Å². The topological polar surface area (TPSA) is 19.0 Å². The number of nitrogens with one attached hydrogen (secondary N) is 1. The molecule has 1 heterocycles. The molecule has 0 spiro atoms. The molecular formula is C60H46N2. The van der Waals surface area contributed by atoms with Gasteiger partial charge in [-0.05, 0) is 115 Å². The molecule has 1 N–H and O–H groups in total. The van der Waals surface area contributed by atoms with Gasteiger partial charge in [-0.3, -0.25) is 0 Å². The van der Waals surface area contributed by atoms with Crippen molar-refractivity contribution in [3.63, 3.8) is 0 Å². The van der Waals surface area contributed by atoms with Gasteiger partial charge in [-0.2, -0.15) is 0 Å². The number of hydrogen-bond acceptors (Lipinski definition) is 1. The van der Waals surface area contributed by atoms with E-state index in [4.69, 9.17) is 0 Å². The van der Waals surface area contributed by atoms with Crippen molar-refractivity contribution in [2.45, 2.75) is 38.5 Å². The van der Waals surface area contributed by atoms with Crippen LogP contribution in [0.3, 0.4) is 0 Å². The number of aromatic amines is 1. The molecule has 2 aliphatic carbocycles. The van der Waals surface area contributed by atoms with Crippen molar-refractivity contribution < 1.29 is 0 Å². The zero-order valence-electron chi connectivity index (χ0n) is 35.5. The molecule has 2 nitrogen and oxygen atoms in total. The number of H-pyrrole nitrogens is 1. The number of aromatic nitrogens is 1. The van der Waals surface area contributed by atoms with Crippen LogP contribution in [0.4, 0.5) is 17.1 Å². The van der Waals surface area contributed by atoms with Crippen molar-refractivity contribution in [2.75, 3.05) is 4.90 Å². The van der Waals surface area contributed by atoms with Gasteiger partial charge in [0.05, 0.1) is 11.2 Å². The third-order valence-corrected chi connectivity index (χ3v) is 14.0. The summed E-state index contributed by atoms with van der Waals surface area (Å²) in [6.45, 7) is 9.47. The molecule has 0 bridgehead atoms. The van der Waals surface area contributed by atoms with Crippen LogP contribution in [0.15, 0.2) is 200 Å². The number of nitrogens with zero attached hydrogens (tertiary/aromatic N) is 1. The zero-order valence-corrected chi connectivity index (χ0v) is 35.5. The Balaban J connectivity index is 1.03. The highest BCUT2D eigenvalue weighted by Crippen LogP contribution is 2.53. The van der Waals surface area contributed by atoms with Crippen LogP contribution in [0.25, 0.3) is 77.4 Å². The van der Waals surface area contributed by atoms with Crippen LogP contribution in [0.5, 0.6) is 0 Å². The number of hydrogen-bond donors (Lipinski definition) is 1. The molecule has 62 heavy (non-hydrogen) atoms. The molecule has 10 aromatic rings. The molecule has 0 saturated carbocycles. The number of anilines is 3. The van der Waals surface area contributed by atoms with Crippen LogP contribution < -0.4 is 4.90 Å². The predicted molar refractivity (Wildman–Crippen MR) is 262 cm³/mol. The third kappa shape index (κ3) is 5.36. The van der Waals surface area contributed by atoms with Gasteiger partial charge < -0.3 is 9.88 Å². The van der Waals surface area contributed by atoms with E-state index in [-0.39, 0.29) is 10.8 Å². The maximum atomic E-state index is 3.91. The summed E-state index contributed by atoms with van der Waals surface area (Å²) in [4.78, 5) is 6.38. The van der Waals surface area contributed by atoms with E-state index in [9.17, 15) is 0 Å². The minimum absolute atomic E-state index is 0.115. The van der Waals surface area contributed by atoms with E-state index in [2.05, 4.69) is 238 Å². The summed E-state index contributed by atoms with van der Waals surface area (Å²) in [5.74, 6) is 0. The summed E-state index contributed by atoms with van der Waals surface area (Å²) in [7, 11) is 0. The number of fused-ring (bicyclic) bond motifs is 9. The number of rotatable bonds is 6. The SMILES string of the molecule is CC1(C)c2ccccc2-c2ccc(N(c3ccc(-c4cc5c(-c6ccccc6)c(-c6ccccc6)[nH]c5c5ccccc45)cc3)c3ccc4c(c3)C(C)(C)c3ccccc3-4)cc21.